The number of halogens is 3. The van der Waals surface area contributed by atoms with Gasteiger partial charge in [-0.25, -0.2) is 8.78 Å². The fourth-order valence-corrected chi connectivity index (χ4v) is 2.27. The lowest BCUT2D eigenvalue weighted by Crippen LogP contribution is -2.39. The third-order valence-corrected chi connectivity index (χ3v) is 3.40. The average Bonchev–Trinajstić information content (AvgIpc) is 2.71. The van der Waals surface area contributed by atoms with Gasteiger partial charge in [-0.05, 0) is 31.9 Å². The van der Waals surface area contributed by atoms with Crippen molar-refractivity contribution in [3.05, 3.63) is 28.2 Å². The Labute approximate surface area is 112 Å². The molecule has 1 aromatic carbocycles. The second kappa shape index (κ2) is 4.93. The van der Waals surface area contributed by atoms with Crippen molar-refractivity contribution in [3.8, 4) is 0 Å². The van der Waals surface area contributed by atoms with Gasteiger partial charge >= 0.3 is 0 Å². The van der Waals surface area contributed by atoms with E-state index in [2.05, 4.69) is 21.2 Å². The standard InChI is InChI=1S/C12H12BrF2NO2/c1-12(3-2-4-18-12)11(17)16-10-8(14)5-7(13)6-9(10)15/h5-6H,2-4H2,1H3,(H,16,17). The summed E-state index contributed by atoms with van der Waals surface area (Å²) in [5.41, 5.74) is -1.45. The number of carbonyl (C=O) groups is 1. The normalized spacial score (nSPS) is 23.1. The van der Waals surface area contributed by atoms with Gasteiger partial charge in [0.05, 0.1) is 0 Å². The van der Waals surface area contributed by atoms with Gasteiger partial charge < -0.3 is 10.1 Å². The molecule has 2 rings (SSSR count). The van der Waals surface area contributed by atoms with E-state index in [9.17, 15) is 13.6 Å². The van der Waals surface area contributed by atoms with Crippen LogP contribution in [0.4, 0.5) is 14.5 Å². The maximum Gasteiger partial charge on any atom is 0.256 e. The van der Waals surface area contributed by atoms with Crippen LogP contribution in [0.25, 0.3) is 0 Å². The quantitative estimate of drug-likeness (QED) is 0.908. The van der Waals surface area contributed by atoms with E-state index >= 15 is 0 Å². The van der Waals surface area contributed by atoms with Crippen LogP contribution in [0, 0.1) is 11.6 Å². The number of hydrogen-bond donors (Lipinski definition) is 1. The molecule has 1 amide bonds. The van der Waals surface area contributed by atoms with Crippen molar-refractivity contribution in [1.29, 1.82) is 0 Å². The van der Waals surface area contributed by atoms with Crippen LogP contribution in [-0.4, -0.2) is 18.1 Å². The number of amides is 1. The van der Waals surface area contributed by atoms with Crippen molar-refractivity contribution in [2.24, 2.45) is 0 Å². The van der Waals surface area contributed by atoms with Crippen molar-refractivity contribution in [1.82, 2.24) is 0 Å². The van der Waals surface area contributed by atoms with E-state index in [-0.39, 0.29) is 4.47 Å². The highest BCUT2D eigenvalue weighted by molar-refractivity contribution is 9.10. The van der Waals surface area contributed by atoms with E-state index in [4.69, 9.17) is 4.74 Å². The largest absolute Gasteiger partial charge is 0.365 e. The lowest BCUT2D eigenvalue weighted by Gasteiger charge is -2.22. The second-order valence-corrected chi connectivity index (χ2v) is 5.30. The van der Waals surface area contributed by atoms with E-state index in [0.29, 0.717) is 13.0 Å². The number of rotatable bonds is 2. The predicted molar refractivity (Wildman–Crippen MR) is 66.3 cm³/mol. The van der Waals surface area contributed by atoms with Crippen LogP contribution in [0.5, 0.6) is 0 Å². The zero-order chi connectivity index (χ0) is 13.3. The first-order valence-corrected chi connectivity index (χ1v) is 6.32. The van der Waals surface area contributed by atoms with Gasteiger partial charge in [-0.3, -0.25) is 4.79 Å². The van der Waals surface area contributed by atoms with Gasteiger partial charge in [0.1, 0.15) is 11.3 Å². The van der Waals surface area contributed by atoms with E-state index in [1.165, 1.54) is 0 Å². The number of nitrogens with one attached hydrogen (secondary N) is 1. The molecule has 0 saturated carbocycles. The summed E-state index contributed by atoms with van der Waals surface area (Å²) < 4.78 is 32.7. The van der Waals surface area contributed by atoms with Crippen molar-refractivity contribution in [2.75, 3.05) is 11.9 Å². The number of carbonyl (C=O) groups excluding carboxylic acids is 1. The molecule has 1 atom stereocenters. The molecule has 0 radical (unpaired) electrons. The van der Waals surface area contributed by atoms with Crippen molar-refractivity contribution >= 4 is 27.5 Å². The molecule has 1 heterocycles. The smallest absolute Gasteiger partial charge is 0.256 e. The van der Waals surface area contributed by atoms with Gasteiger partial charge in [0.2, 0.25) is 0 Å². The first kappa shape index (κ1) is 13.4. The van der Waals surface area contributed by atoms with Crippen LogP contribution in [0.2, 0.25) is 0 Å². The van der Waals surface area contributed by atoms with Crippen molar-refractivity contribution in [2.45, 2.75) is 25.4 Å². The van der Waals surface area contributed by atoms with Crippen LogP contribution in [0.15, 0.2) is 16.6 Å². The van der Waals surface area contributed by atoms with Gasteiger partial charge in [0.25, 0.3) is 5.91 Å². The molecule has 98 valence electrons. The van der Waals surface area contributed by atoms with E-state index in [0.717, 1.165) is 18.6 Å². The molecule has 6 heteroatoms. The van der Waals surface area contributed by atoms with Gasteiger partial charge in [-0.2, -0.15) is 0 Å². The molecule has 1 fully saturated rings. The molecular weight excluding hydrogens is 308 g/mol. The van der Waals surface area contributed by atoms with Gasteiger partial charge in [-0.1, -0.05) is 15.9 Å². The molecular formula is C12H12BrF2NO2. The molecule has 1 N–H and O–H groups in total. The fourth-order valence-electron chi connectivity index (χ4n) is 1.87. The van der Waals surface area contributed by atoms with Crippen LogP contribution in [-0.2, 0) is 9.53 Å². The second-order valence-electron chi connectivity index (χ2n) is 4.38. The van der Waals surface area contributed by atoms with Crippen LogP contribution >= 0.6 is 15.9 Å². The van der Waals surface area contributed by atoms with E-state index in [1.54, 1.807) is 6.92 Å². The zero-order valence-electron chi connectivity index (χ0n) is 9.73. The highest BCUT2D eigenvalue weighted by atomic mass is 79.9. The third kappa shape index (κ3) is 2.54. The average molecular weight is 320 g/mol. The lowest BCUT2D eigenvalue weighted by atomic mass is 10.0. The number of ether oxygens (including phenoxy) is 1. The molecule has 1 aliphatic rings. The highest BCUT2D eigenvalue weighted by Gasteiger charge is 2.38. The molecule has 1 aliphatic heterocycles. The monoisotopic (exact) mass is 319 g/mol. The summed E-state index contributed by atoms with van der Waals surface area (Å²) >= 11 is 2.97. The predicted octanol–water partition coefficient (Wildman–Crippen LogP) is 3.23. The molecule has 1 saturated heterocycles. The minimum atomic E-state index is -1.01. The first-order chi connectivity index (χ1) is 8.42. The summed E-state index contributed by atoms with van der Waals surface area (Å²) in [4.78, 5) is 11.9. The number of hydrogen-bond acceptors (Lipinski definition) is 2. The summed E-state index contributed by atoms with van der Waals surface area (Å²) in [6.07, 6.45) is 1.30. The van der Waals surface area contributed by atoms with Gasteiger partial charge in [0, 0.05) is 11.1 Å². The molecule has 0 aliphatic carbocycles. The Kier molecular flexibility index (Phi) is 3.68. The fraction of sp³-hybridized carbons (Fsp3) is 0.417. The van der Waals surface area contributed by atoms with Gasteiger partial charge in [-0.15, -0.1) is 0 Å². The van der Waals surface area contributed by atoms with E-state index in [1.807, 2.05) is 0 Å². The summed E-state index contributed by atoms with van der Waals surface area (Å²) in [5, 5.41) is 2.25. The van der Waals surface area contributed by atoms with Gasteiger partial charge in [0.15, 0.2) is 11.6 Å². The van der Waals surface area contributed by atoms with E-state index < -0.39 is 28.8 Å². The van der Waals surface area contributed by atoms with Crippen LogP contribution in [0.1, 0.15) is 19.8 Å². The number of benzene rings is 1. The molecule has 1 aromatic rings. The Bertz CT molecular complexity index is 464. The summed E-state index contributed by atoms with van der Waals surface area (Å²) in [7, 11) is 0. The molecule has 18 heavy (non-hydrogen) atoms. The minimum absolute atomic E-state index is 0.277. The van der Waals surface area contributed by atoms with Crippen molar-refractivity contribution in [3.63, 3.8) is 0 Å². The Hall–Kier alpha value is -1.01. The minimum Gasteiger partial charge on any atom is -0.365 e. The lowest BCUT2D eigenvalue weighted by molar-refractivity contribution is -0.133. The SMILES string of the molecule is CC1(C(=O)Nc2c(F)cc(Br)cc2F)CCCO1. The Morgan fingerprint density at radius 2 is 2.06 bits per heavy atom. The molecule has 0 bridgehead atoms. The molecule has 0 aromatic heterocycles. The summed E-state index contributed by atoms with van der Waals surface area (Å²) in [6.45, 7) is 2.10. The first-order valence-electron chi connectivity index (χ1n) is 5.52. The molecule has 0 spiro atoms. The molecule has 1 unspecified atom stereocenters. The third-order valence-electron chi connectivity index (χ3n) is 2.94. The summed E-state index contributed by atoms with van der Waals surface area (Å²) in [6, 6.07) is 2.19. The summed E-state index contributed by atoms with van der Waals surface area (Å²) in [5.74, 6) is -2.17. The number of anilines is 1. The van der Waals surface area contributed by atoms with Crippen molar-refractivity contribution < 1.29 is 18.3 Å². The van der Waals surface area contributed by atoms with Crippen LogP contribution < -0.4 is 5.32 Å². The topological polar surface area (TPSA) is 38.3 Å². The Balaban J connectivity index is 2.22. The maximum absolute atomic E-state index is 13.6. The maximum atomic E-state index is 13.6. The highest BCUT2D eigenvalue weighted by Crippen LogP contribution is 2.29. The molecule has 3 nitrogen and oxygen atoms in total. The van der Waals surface area contributed by atoms with Crippen LogP contribution in [0.3, 0.4) is 0 Å². The Morgan fingerprint density at radius 3 is 2.56 bits per heavy atom. The zero-order valence-corrected chi connectivity index (χ0v) is 11.3. The Morgan fingerprint density at radius 1 is 1.44 bits per heavy atom.